The third-order valence-electron chi connectivity index (χ3n) is 2.64. The molecule has 0 unspecified atom stereocenters. The van der Waals surface area contributed by atoms with E-state index in [0.717, 1.165) is 6.26 Å². The maximum atomic E-state index is 11.8. The number of hydrogen-bond donors (Lipinski definition) is 2. The third kappa shape index (κ3) is 4.19. The summed E-state index contributed by atoms with van der Waals surface area (Å²) in [6, 6.07) is 3.45. The number of nitrogens with one attached hydrogen (secondary N) is 1. The van der Waals surface area contributed by atoms with Gasteiger partial charge in [-0.05, 0) is 24.1 Å². The molecule has 0 aliphatic rings. The van der Waals surface area contributed by atoms with Crippen molar-refractivity contribution in [1.29, 1.82) is 0 Å². The second-order valence-electron chi connectivity index (χ2n) is 4.67. The Bertz CT molecular complexity index is 585. The predicted octanol–water partition coefficient (Wildman–Crippen LogP) is 1.67. The quantitative estimate of drug-likeness (QED) is 0.885. The van der Waals surface area contributed by atoms with Gasteiger partial charge in [0.1, 0.15) is 0 Å². The van der Waals surface area contributed by atoms with Gasteiger partial charge in [-0.25, -0.2) is 8.42 Å². The lowest BCUT2D eigenvalue weighted by Crippen LogP contribution is -2.39. The molecule has 0 saturated heterocycles. The van der Waals surface area contributed by atoms with Crippen molar-refractivity contribution in [3.63, 3.8) is 0 Å². The summed E-state index contributed by atoms with van der Waals surface area (Å²) >= 11 is 5.92. The minimum absolute atomic E-state index is 0.0307. The average Bonchev–Trinajstić information content (AvgIpc) is 2.29. The number of sulfone groups is 1. The van der Waals surface area contributed by atoms with Crippen LogP contribution in [0.4, 0.5) is 5.69 Å². The highest BCUT2D eigenvalue weighted by atomic mass is 35.5. The Kier molecular flexibility index (Phi) is 4.95. The summed E-state index contributed by atoms with van der Waals surface area (Å²) in [6.07, 6.45) is 1.09. The molecule has 0 radical (unpaired) electrons. The molecule has 0 bridgehead atoms. The maximum Gasteiger partial charge on any atom is 0.241 e. The van der Waals surface area contributed by atoms with E-state index in [9.17, 15) is 13.2 Å². The third-order valence-corrected chi connectivity index (χ3v) is 4.08. The van der Waals surface area contributed by atoms with Crippen LogP contribution in [0.5, 0.6) is 0 Å². The minimum atomic E-state index is -3.36. The van der Waals surface area contributed by atoms with Crippen molar-refractivity contribution in [2.45, 2.75) is 24.8 Å². The lowest BCUT2D eigenvalue weighted by atomic mass is 10.1. The van der Waals surface area contributed by atoms with Gasteiger partial charge < -0.3 is 11.1 Å². The van der Waals surface area contributed by atoms with Crippen LogP contribution in [-0.4, -0.2) is 26.6 Å². The van der Waals surface area contributed by atoms with Crippen molar-refractivity contribution in [2.24, 2.45) is 11.7 Å². The SMILES string of the molecule is CC(C)[C@@H](N)C(=O)Nc1cc(S(C)(=O)=O)ccc1Cl. The highest BCUT2D eigenvalue weighted by molar-refractivity contribution is 7.90. The number of nitrogens with two attached hydrogens (primary N) is 1. The number of carbonyl (C=O) groups is 1. The number of hydrogen-bond acceptors (Lipinski definition) is 4. The Morgan fingerprint density at radius 1 is 1.37 bits per heavy atom. The van der Waals surface area contributed by atoms with Gasteiger partial charge in [-0.1, -0.05) is 25.4 Å². The van der Waals surface area contributed by atoms with Gasteiger partial charge in [0.25, 0.3) is 0 Å². The molecule has 1 aromatic rings. The summed E-state index contributed by atoms with van der Waals surface area (Å²) in [4.78, 5) is 11.9. The van der Waals surface area contributed by atoms with Crippen LogP contribution in [0.1, 0.15) is 13.8 Å². The topological polar surface area (TPSA) is 89.3 Å². The van der Waals surface area contributed by atoms with Gasteiger partial charge in [0, 0.05) is 6.26 Å². The van der Waals surface area contributed by atoms with Crippen molar-refractivity contribution in [1.82, 2.24) is 0 Å². The van der Waals surface area contributed by atoms with Gasteiger partial charge in [0.15, 0.2) is 9.84 Å². The van der Waals surface area contributed by atoms with E-state index in [-0.39, 0.29) is 21.5 Å². The van der Waals surface area contributed by atoms with Gasteiger partial charge in [-0.15, -0.1) is 0 Å². The standard InChI is InChI=1S/C12H17ClN2O3S/c1-7(2)11(14)12(16)15-10-6-8(19(3,17)18)4-5-9(10)13/h4-7,11H,14H2,1-3H3,(H,15,16)/t11-/m1/s1. The first-order chi connectivity index (χ1) is 8.62. The van der Waals surface area contributed by atoms with Gasteiger partial charge in [-0.2, -0.15) is 0 Å². The molecule has 0 fully saturated rings. The Morgan fingerprint density at radius 2 is 1.95 bits per heavy atom. The van der Waals surface area contributed by atoms with Crippen LogP contribution in [0, 0.1) is 5.92 Å². The van der Waals surface area contributed by atoms with Crippen molar-refractivity contribution in [3.05, 3.63) is 23.2 Å². The number of carbonyl (C=O) groups excluding carboxylic acids is 1. The molecule has 1 amide bonds. The summed E-state index contributed by atoms with van der Waals surface area (Å²) in [6.45, 7) is 3.64. The molecule has 1 rings (SSSR count). The van der Waals surface area contributed by atoms with Crippen LogP contribution < -0.4 is 11.1 Å². The first-order valence-electron chi connectivity index (χ1n) is 5.69. The van der Waals surface area contributed by atoms with Crippen molar-refractivity contribution in [3.8, 4) is 0 Å². The maximum absolute atomic E-state index is 11.8. The van der Waals surface area contributed by atoms with Crippen LogP contribution in [0.2, 0.25) is 5.02 Å². The van der Waals surface area contributed by atoms with Gasteiger partial charge in [0.2, 0.25) is 5.91 Å². The Morgan fingerprint density at radius 3 is 2.42 bits per heavy atom. The fourth-order valence-electron chi connectivity index (χ4n) is 1.35. The van der Waals surface area contributed by atoms with Crippen LogP contribution in [0.3, 0.4) is 0 Å². The van der Waals surface area contributed by atoms with Crippen molar-refractivity contribution >= 4 is 33.0 Å². The average molecular weight is 305 g/mol. The molecule has 0 saturated carbocycles. The molecule has 19 heavy (non-hydrogen) atoms. The molecule has 0 aliphatic carbocycles. The van der Waals surface area contributed by atoms with Gasteiger partial charge >= 0.3 is 0 Å². The van der Waals surface area contributed by atoms with E-state index in [1.165, 1.54) is 18.2 Å². The lowest BCUT2D eigenvalue weighted by Gasteiger charge is -2.16. The number of amides is 1. The minimum Gasteiger partial charge on any atom is -0.323 e. The Balaban J connectivity index is 3.05. The smallest absolute Gasteiger partial charge is 0.241 e. The zero-order valence-electron chi connectivity index (χ0n) is 11.0. The first kappa shape index (κ1) is 15.9. The van der Waals surface area contributed by atoms with Crippen LogP contribution in [0.25, 0.3) is 0 Å². The zero-order valence-corrected chi connectivity index (χ0v) is 12.5. The summed E-state index contributed by atoms with van der Waals surface area (Å²) < 4.78 is 22.9. The fraction of sp³-hybridized carbons (Fsp3) is 0.417. The molecule has 0 heterocycles. The predicted molar refractivity (Wildman–Crippen MR) is 76.0 cm³/mol. The number of halogens is 1. The zero-order chi connectivity index (χ0) is 14.8. The molecule has 0 spiro atoms. The second-order valence-corrected chi connectivity index (χ2v) is 7.10. The van der Waals surface area contributed by atoms with E-state index in [2.05, 4.69) is 5.32 Å². The monoisotopic (exact) mass is 304 g/mol. The summed E-state index contributed by atoms with van der Waals surface area (Å²) in [5, 5.41) is 2.80. The fourth-order valence-corrected chi connectivity index (χ4v) is 2.16. The largest absolute Gasteiger partial charge is 0.323 e. The number of benzene rings is 1. The van der Waals surface area contributed by atoms with E-state index in [1.807, 2.05) is 13.8 Å². The van der Waals surface area contributed by atoms with E-state index in [4.69, 9.17) is 17.3 Å². The van der Waals surface area contributed by atoms with E-state index < -0.39 is 21.8 Å². The summed E-state index contributed by atoms with van der Waals surface area (Å²) in [7, 11) is -3.36. The Labute approximate surface area is 118 Å². The summed E-state index contributed by atoms with van der Waals surface area (Å²) in [5.74, 6) is -0.431. The number of anilines is 1. The Hall–Kier alpha value is -1.11. The number of rotatable bonds is 4. The second kappa shape index (κ2) is 5.90. The molecule has 7 heteroatoms. The molecular weight excluding hydrogens is 288 g/mol. The van der Waals surface area contributed by atoms with Crippen LogP contribution in [0.15, 0.2) is 23.1 Å². The highest BCUT2D eigenvalue weighted by Crippen LogP contribution is 2.25. The van der Waals surface area contributed by atoms with E-state index in [1.54, 1.807) is 0 Å². The molecule has 1 atom stereocenters. The highest BCUT2D eigenvalue weighted by Gasteiger charge is 2.19. The molecular formula is C12H17ClN2O3S. The van der Waals surface area contributed by atoms with Crippen LogP contribution in [-0.2, 0) is 14.6 Å². The van der Waals surface area contributed by atoms with Crippen molar-refractivity contribution in [2.75, 3.05) is 11.6 Å². The first-order valence-corrected chi connectivity index (χ1v) is 7.96. The molecule has 1 aromatic carbocycles. The molecule has 0 aliphatic heterocycles. The van der Waals surface area contributed by atoms with E-state index in [0.29, 0.717) is 0 Å². The summed E-state index contributed by atoms with van der Waals surface area (Å²) in [5.41, 5.74) is 5.95. The molecule has 106 valence electrons. The van der Waals surface area contributed by atoms with Crippen molar-refractivity contribution < 1.29 is 13.2 Å². The normalized spacial score (nSPS) is 13.4. The van der Waals surface area contributed by atoms with Crippen LogP contribution >= 0.6 is 11.6 Å². The molecule has 0 aromatic heterocycles. The molecule has 5 nitrogen and oxygen atoms in total. The lowest BCUT2D eigenvalue weighted by molar-refractivity contribution is -0.118. The van der Waals surface area contributed by atoms with Gasteiger partial charge in [-0.3, -0.25) is 4.79 Å². The van der Waals surface area contributed by atoms with E-state index >= 15 is 0 Å². The molecule has 3 N–H and O–H groups in total. The van der Waals surface area contributed by atoms with Gasteiger partial charge in [0.05, 0.1) is 21.6 Å².